The quantitative estimate of drug-likeness (QED) is 0.769. The number of hydrogen-bond donors (Lipinski definition) is 1. The molecule has 0 saturated carbocycles. The highest BCUT2D eigenvalue weighted by Gasteiger charge is 2.18. The maximum Gasteiger partial charge on any atom is 0.341 e. The van der Waals surface area contributed by atoms with Gasteiger partial charge in [-0.15, -0.1) is 0 Å². The number of carbonyl (C=O) groups excluding carboxylic acids is 1. The third-order valence-corrected chi connectivity index (χ3v) is 2.22. The molecular formula is C12H14O7. The van der Waals surface area contributed by atoms with Crippen LogP contribution >= 0.6 is 0 Å². The number of ether oxygens (including phenoxy) is 4. The molecule has 1 aromatic rings. The summed E-state index contributed by atoms with van der Waals surface area (Å²) in [5.74, 6) is -1.23. The van der Waals surface area contributed by atoms with Crippen LogP contribution in [0, 0.1) is 0 Å². The van der Waals surface area contributed by atoms with E-state index in [1.807, 2.05) is 0 Å². The lowest BCUT2D eigenvalue weighted by molar-refractivity contribution is -0.139. The summed E-state index contributed by atoms with van der Waals surface area (Å²) in [5.41, 5.74) is 0.207. The van der Waals surface area contributed by atoms with E-state index in [2.05, 4.69) is 4.74 Å². The normalized spacial score (nSPS) is 9.63. The van der Waals surface area contributed by atoms with E-state index < -0.39 is 18.5 Å². The van der Waals surface area contributed by atoms with Crippen molar-refractivity contribution in [1.82, 2.24) is 0 Å². The van der Waals surface area contributed by atoms with Gasteiger partial charge in [-0.25, -0.2) is 9.59 Å². The summed E-state index contributed by atoms with van der Waals surface area (Å²) in [4.78, 5) is 22.0. The van der Waals surface area contributed by atoms with Gasteiger partial charge in [-0.1, -0.05) is 0 Å². The Morgan fingerprint density at radius 1 is 1.11 bits per heavy atom. The molecule has 1 rings (SSSR count). The monoisotopic (exact) mass is 270 g/mol. The maximum absolute atomic E-state index is 11.5. The smallest absolute Gasteiger partial charge is 0.341 e. The largest absolute Gasteiger partial charge is 0.493 e. The zero-order valence-electron chi connectivity index (χ0n) is 10.8. The molecule has 0 saturated heterocycles. The van der Waals surface area contributed by atoms with Crippen LogP contribution in [0.4, 0.5) is 0 Å². The van der Waals surface area contributed by atoms with E-state index in [-0.39, 0.29) is 22.8 Å². The molecule has 0 bridgehead atoms. The molecule has 0 unspecified atom stereocenters. The molecule has 0 aliphatic rings. The first-order chi connectivity index (χ1) is 9.03. The van der Waals surface area contributed by atoms with Crippen molar-refractivity contribution in [3.05, 3.63) is 17.7 Å². The summed E-state index contributed by atoms with van der Waals surface area (Å²) in [6.45, 7) is -0.551. The van der Waals surface area contributed by atoms with Crippen LogP contribution in [0.1, 0.15) is 10.4 Å². The second-order valence-corrected chi connectivity index (χ2v) is 3.38. The van der Waals surface area contributed by atoms with E-state index in [9.17, 15) is 9.59 Å². The zero-order valence-corrected chi connectivity index (χ0v) is 10.8. The Labute approximate surface area is 109 Å². The number of methoxy groups -OCH3 is 3. The molecule has 0 aliphatic carbocycles. The van der Waals surface area contributed by atoms with Crippen LogP contribution < -0.4 is 14.2 Å². The minimum atomic E-state index is -1.14. The van der Waals surface area contributed by atoms with E-state index in [1.54, 1.807) is 0 Å². The lowest BCUT2D eigenvalue weighted by Gasteiger charge is -2.14. The second-order valence-electron chi connectivity index (χ2n) is 3.38. The van der Waals surface area contributed by atoms with Gasteiger partial charge in [-0.2, -0.15) is 0 Å². The summed E-state index contributed by atoms with van der Waals surface area (Å²) >= 11 is 0. The van der Waals surface area contributed by atoms with Gasteiger partial charge < -0.3 is 24.1 Å². The van der Waals surface area contributed by atoms with Crippen molar-refractivity contribution < 1.29 is 33.6 Å². The number of carbonyl (C=O) groups is 2. The van der Waals surface area contributed by atoms with Crippen molar-refractivity contribution in [3.8, 4) is 17.2 Å². The molecule has 0 radical (unpaired) electrons. The van der Waals surface area contributed by atoms with Crippen molar-refractivity contribution in [1.29, 1.82) is 0 Å². The third kappa shape index (κ3) is 3.51. The van der Waals surface area contributed by atoms with Gasteiger partial charge in [0.2, 0.25) is 5.75 Å². The van der Waals surface area contributed by atoms with Crippen LogP contribution in [0.25, 0.3) is 0 Å². The Morgan fingerprint density at radius 2 is 1.63 bits per heavy atom. The molecule has 7 heteroatoms. The maximum atomic E-state index is 11.5. The van der Waals surface area contributed by atoms with Gasteiger partial charge >= 0.3 is 11.9 Å². The average Bonchev–Trinajstić information content (AvgIpc) is 2.42. The van der Waals surface area contributed by atoms with Gasteiger partial charge in [0.25, 0.3) is 0 Å². The second kappa shape index (κ2) is 6.48. The first kappa shape index (κ1) is 14.6. The van der Waals surface area contributed by atoms with E-state index in [1.165, 1.54) is 33.5 Å². The summed E-state index contributed by atoms with van der Waals surface area (Å²) in [7, 11) is 3.98. The van der Waals surface area contributed by atoms with Gasteiger partial charge in [0.1, 0.15) is 0 Å². The molecule has 0 atom stereocenters. The highest BCUT2D eigenvalue weighted by Crippen LogP contribution is 2.38. The number of hydrogen-bond acceptors (Lipinski definition) is 6. The Hall–Kier alpha value is -2.44. The highest BCUT2D eigenvalue weighted by molar-refractivity contribution is 5.91. The molecule has 1 aromatic carbocycles. The van der Waals surface area contributed by atoms with Gasteiger partial charge in [0.05, 0.1) is 26.9 Å². The van der Waals surface area contributed by atoms with Gasteiger partial charge in [-0.3, -0.25) is 0 Å². The van der Waals surface area contributed by atoms with Crippen LogP contribution in [-0.4, -0.2) is 45.0 Å². The highest BCUT2D eigenvalue weighted by atomic mass is 16.5. The summed E-state index contributed by atoms with van der Waals surface area (Å²) in [6.07, 6.45) is 0. The lowest BCUT2D eigenvalue weighted by atomic mass is 10.2. The lowest BCUT2D eigenvalue weighted by Crippen LogP contribution is -2.11. The number of carboxylic acids is 1. The summed E-state index contributed by atoms with van der Waals surface area (Å²) in [5, 5.41) is 8.60. The fourth-order valence-electron chi connectivity index (χ4n) is 1.39. The number of rotatable bonds is 6. The Balaban J connectivity index is 3.21. The van der Waals surface area contributed by atoms with Crippen molar-refractivity contribution in [2.45, 2.75) is 0 Å². The number of benzene rings is 1. The molecule has 19 heavy (non-hydrogen) atoms. The number of aliphatic carboxylic acids is 1. The van der Waals surface area contributed by atoms with E-state index in [0.29, 0.717) is 0 Å². The van der Waals surface area contributed by atoms with Crippen LogP contribution in [-0.2, 0) is 9.53 Å². The first-order valence-electron chi connectivity index (χ1n) is 5.22. The Bertz CT molecular complexity index is 456. The van der Waals surface area contributed by atoms with E-state index >= 15 is 0 Å². The molecule has 0 amide bonds. The standard InChI is InChI=1S/C12H14O7/c1-16-8-4-7(12(15)18-3)5-9(17-2)11(8)19-6-10(13)14/h4-5H,6H2,1-3H3,(H,13,14). The fraction of sp³-hybridized carbons (Fsp3) is 0.333. The molecule has 7 nitrogen and oxygen atoms in total. The molecule has 0 fully saturated rings. The van der Waals surface area contributed by atoms with E-state index in [0.717, 1.165) is 0 Å². The zero-order chi connectivity index (χ0) is 14.4. The molecule has 0 spiro atoms. The number of carboxylic acid groups (broad SMARTS) is 1. The van der Waals surface area contributed by atoms with Crippen molar-refractivity contribution in [3.63, 3.8) is 0 Å². The number of esters is 1. The van der Waals surface area contributed by atoms with Crippen molar-refractivity contribution in [2.24, 2.45) is 0 Å². The van der Waals surface area contributed by atoms with Crippen LogP contribution in [0.15, 0.2) is 12.1 Å². The molecular weight excluding hydrogens is 256 g/mol. The Kier molecular flexibility index (Phi) is 4.99. The van der Waals surface area contributed by atoms with Gasteiger partial charge in [-0.05, 0) is 12.1 Å². The van der Waals surface area contributed by atoms with Crippen molar-refractivity contribution >= 4 is 11.9 Å². The third-order valence-electron chi connectivity index (χ3n) is 2.22. The predicted molar refractivity (Wildman–Crippen MR) is 64.0 cm³/mol. The van der Waals surface area contributed by atoms with Gasteiger partial charge in [0, 0.05) is 0 Å². The SMILES string of the molecule is COC(=O)c1cc(OC)c(OCC(=O)O)c(OC)c1. The molecule has 1 N–H and O–H groups in total. The summed E-state index contributed by atoms with van der Waals surface area (Å²) < 4.78 is 19.8. The molecule has 0 aliphatic heterocycles. The molecule has 104 valence electrons. The van der Waals surface area contributed by atoms with Crippen LogP contribution in [0.2, 0.25) is 0 Å². The van der Waals surface area contributed by atoms with E-state index in [4.69, 9.17) is 19.3 Å². The first-order valence-corrected chi connectivity index (χ1v) is 5.22. The molecule has 0 aromatic heterocycles. The van der Waals surface area contributed by atoms with Crippen molar-refractivity contribution in [2.75, 3.05) is 27.9 Å². The summed E-state index contributed by atoms with van der Waals surface area (Å²) in [6, 6.07) is 2.76. The fourth-order valence-corrected chi connectivity index (χ4v) is 1.39. The molecule has 0 heterocycles. The Morgan fingerprint density at radius 3 is 2.00 bits per heavy atom. The average molecular weight is 270 g/mol. The van der Waals surface area contributed by atoms with Crippen LogP contribution in [0.5, 0.6) is 17.2 Å². The topological polar surface area (TPSA) is 91.3 Å². The van der Waals surface area contributed by atoms with Gasteiger partial charge in [0.15, 0.2) is 18.1 Å². The minimum Gasteiger partial charge on any atom is -0.493 e. The van der Waals surface area contributed by atoms with Crippen LogP contribution in [0.3, 0.4) is 0 Å². The minimum absolute atomic E-state index is 0.111. The predicted octanol–water partition coefficient (Wildman–Crippen LogP) is 0.954.